The van der Waals surface area contributed by atoms with Crippen LogP contribution in [0.15, 0.2) is 54.9 Å². The predicted molar refractivity (Wildman–Crippen MR) is 86.7 cm³/mol. The van der Waals surface area contributed by atoms with Crippen molar-refractivity contribution in [3.05, 3.63) is 65.4 Å². The molecule has 1 aromatic carbocycles. The molecule has 2 heterocycles. The number of pyridine rings is 1. The molecule has 1 aliphatic rings. The summed E-state index contributed by atoms with van der Waals surface area (Å²) in [5.41, 5.74) is 1.25. The highest BCUT2D eigenvalue weighted by Crippen LogP contribution is 2.18. The largest absolute Gasteiger partial charge is 0.481 e. The Balaban J connectivity index is 0.000000211. The van der Waals surface area contributed by atoms with E-state index in [1.807, 2.05) is 18.2 Å². The fourth-order valence-corrected chi connectivity index (χ4v) is 2.49. The number of likely N-dealkylation sites (tertiary alicyclic amines) is 1. The van der Waals surface area contributed by atoms with E-state index in [2.05, 4.69) is 22.0 Å². The van der Waals surface area contributed by atoms with Gasteiger partial charge in [-0.15, -0.1) is 0 Å². The summed E-state index contributed by atoms with van der Waals surface area (Å²) in [6, 6.07) is 13.8. The Kier molecular flexibility index (Phi) is 6.37. The third-order valence-electron chi connectivity index (χ3n) is 3.50. The Morgan fingerprint density at radius 1 is 1.27 bits per heavy atom. The first kappa shape index (κ1) is 16.5. The van der Waals surface area contributed by atoms with Crippen LogP contribution in [0.1, 0.15) is 12.0 Å². The van der Waals surface area contributed by atoms with Crippen molar-refractivity contribution in [2.75, 3.05) is 13.1 Å². The van der Waals surface area contributed by atoms with E-state index >= 15 is 0 Å². The molecule has 4 nitrogen and oxygen atoms in total. The van der Waals surface area contributed by atoms with Crippen LogP contribution in [0.2, 0.25) is 5.02 Å². The molecule has 1 fully saturated rings. The average molecular weight is 319 g/mol. The molecule has 22 heavy (non-hydrogen) atoms. The number of benzene rings is 1. The molecular formula is C17H19ClN2O2. The van der Waals surface area contributed by atoms with Gasteiger partial charge in [0.2, 0.25) is 0 Å². The first-order valence-corrected chi connectivity index (χ1v) is 7.57. The highest BCUT2D eigenvalue weighted by atomic mass is 35.5. The molecule has 0 radical (unpaired) electrons. The molecule has 0 aliphatic carbocycles. The number of carbonyl (C=O) groups is 1. The van der Waals surface area contributed by atoms with Gasteiger partial charge in [0.05, 0.1) is 10.9 Å². The SMILES string of the molecule is Clc1cccnc1.O=C(O)C1CCN(Cc2ccccc2)C1. The summed E-state index contributed by atoms with van der Waals surface area (Å²) in [5.74, 6) is -0.834. The maximum Gasteiger partial charge on any atom is 0.307 e. The van der Waals surface area contributed by atoms with Crippen molar-refractivity contribution in [1.29, 1.82) is 0 Å². The highest BCUT2D eigenvalue weighted by molar-refractivity contribution is 6.30. The van der Waals surface area contributed by atoms with Crippen molar-refractivity contribution < 1.29 is 9.90 Å². The summed E-state index contributed by atoms with van der Waals surface area (Å²) in [6.45, 7) is 2.45. The van der Waals surface area contributed by atoms with E-state index in [-0.39, 0.29) is 5.92 Å². The molecular weight excluding hydrogens is 300 g/mol. The van der Waals surface area contributed by atoms with E-state index in [1.54, 1.807) is 24.5 Å². The van der Waals surface area contributed by atoms with Crippen LogP contribution in [0.3, 0.4) is 0 Å². The Morgan fingerprint density at radius 2 is 2.05 bits per heavy atom. The summed E-state index contributed by atoms with van der Waals surface area (Å²) in [6.07, 6.45) is 4.07. The van der Waals surface area contributed by atoms with Crippen molar-refractivity contribution in [1.82, 2.24) is 9.88 Å². The topological polar surface area (TPSA) is 53.4 Å². The van der Waals surface area contributed by atoms with E-state index in [9.17, 15) is 4.79 Å². The number of hydrogen-bond donors (Lipinski definition) is 1. The lowest BCUT2D eigenvalue weighted by atomic mass is 10.1. The number of halogens is 1. The summed E-state index contributed by atoms with van der Waals surface area (Å²) >= 11 is 5.48. The monoisotopic (exact) mass is 318 g/mol. The Morgan fingerprint density at radius 3 is 2.55 bits per heavy atom. The molecule has 5 heteroatoms. The molecule has 1 N–H and O–H groups in total. The van der Waals surface area contributed by atoms with Gasteiger partial charge in [-0.1, -0.05) is 41.9 Å². The van der Waals surface area contributed by atoms with E-state index < -0.39 is 5.97 Å². The van der Waals surface area contributed by atoms with Crippen LogP contribution in [0, 0.1) is 5.92 Å². The summed E-state index contributed by atoms with van der Waals surface area (Å²) < 4.78 is 0. The minimum Gasteiger partial charge on any atom is -0.481 e. The quantitative estimate of drug-likeness (QED) is 0.943. The van der Waals surface area contributed by atoms with Crippen LogP contribution >= 0.6 is 11.6 Å². The van der Waals surface area contributed by atoms with Gasteiger partial charge in [-0.25, -0.2) is 0 Å². The van der Waals surface area contributed by atoms with Crippen molar-refractivity contribution in [3.63, 3.8) is 0 Å². The zero-order chi connectivity index (χ0) is 15.8. The molecule has 1 aromatic heterocycles. The molecule has 2 aromatic rings. The zero-order valence-corrected chi connectivity index (χ0v) is 13.0. The van der Waals surface area contributed by atoms with Gasteiger partial charge in [-0.3, -0.25) is 14.7 Å². The van der Waals surface area contributed by atoms with Crippen molar-refractivity contribution in [2.45, 2.75) is 13.0 Å². The van der Waals surface area contributed by atoms with Crippen LogP contribution in [-0.4, -0.2) is 34.0 Å². The smallest absolute Gasteiger partial charge is 0.307 e. The fourth-order valence-electron chi connectivity index (χ4n) is 2.36. The first-order chi connectivity index (χ1) is 10.6. The summed E-state index contributed by atoms with van der Waals surface area (Å²) in [5, 5.41) is 9.55. The zero-order valence-electron chi connectivity index (χ0n) is 12.2. The van der Waals surface area contributed by atoms with Gasteiger partial charge in [0.25, 0.3) is 0 Å². The van der Waals surface area contributed by atoms with Crippen molar-refractivity contribution >= 4 is 17.6 Å². The molecule has 1 aliphatic heterocycles. The predicted octanol–water partition coefficient (Wildman–Crippen LogP) is 3.33. The first-order valence-electron chi connectivity index (χ1n) is 7.20. The maximum absolute atomic E-state index is 10.8. The average Bonchev–Trinajstić information content (AvgIpc) is 2.98. The van der Waals surface area contributed by atoms with E-state index in [4.69, 9.17) is 16.7 Å². The standard InChI is InChI=1S/C12H15NO2.C5H4ClN/c14-12(15)11-6-7-13(9-11)8-10-4-2-1-3-5-10;6-5-2-1-3-7-4-5/h1-5,11H,6-9H2,(H,14,15);1-4H. The Hall–Kier alpha value is -1.91. The van der Waals surface area contributed by atoms with Crippen LogP contribution in [-0.2, 0) is 11.3 Å². The van der Waals surface area contributed by atoms with Gasteiger partial charge in [0.1, 0.15) is 0 Å². The van der Waals surface area contributed by atoms with E-state index in [0.717, 1.165) is 19.5 Å². The van der Waals surface area contributed by atoms with Gasteiger partial charge in [-0.05, 0) is 30.7 Å². The molecule has 1 saturated heterocycles. The second kappa shape index (κ2) is 8.51. The highest BCUT2D eigenvalue weighted by Gasteiger charge is 2.27. The third-order valence-corrected chi connectivity index (χ3v) is 3.72. The Bertz CT molecular complexity index is 578. The van der Waals surface area contributed by atoms with E-state index in [1.165, 1.54) is 5.56 Å². The Labute approximate surface area is 135 Å². The van der Waals surface area contributed by atoms with Gasteiger partial charge in [-0.2, -0.15) is 0 Å². The number of carboxylic acid groups (broad SMARTS) is 1. The van der Waals surface area contributed by atoms with Gasteiger partial charge >= 0.3 is 5.97 Å². The fraction of sp³-hybridized carbons (Fsp3) is 0.294. The third kappa shape index (κ3) is 5.47. The number of rotatable bonds is 3. The number of aliphatic carboxylic acids is 1. The lowest BCUT2D eigenvalue weighted by molar-refractivity contribution is -0.141. The molecule has 116 valence electrons. The second-order valence-corrected chi connectivity index (χ2v) is 5.65. The van der Waals surface area contributed by atoms with Gasteiger partial charge in [0, 0.05) is 25.5 Å². The lowest BCUT2D eigenvalue weighted by Crippen LogP contribution is -2.22. The van der Waals surface area contributed by atoms with Crippen LogP contribution in [0.25, 0.3) is 0 Å². The number of nitrogens with zero attached hydrogens (tertiary/aromatic N) is 2. The number of aromatic nitrogens is 1. The molecule has 3 rings (SSSR count). The summed E-state index contributed by atoms with van der Waals surface area (Å²) in [4.78, 5) is 16.7. The molecule has 0 saturated carbocycles. The minimum absolute atomic E-state index is 0.172. The molecule has 1 unspecified atom stereocenters. The molecule has 1 atom stereocenters. The maximum atomic E-state index is 10.8. The second-order valence-electron chi connectivity index (χ2n) is 5.22. The normalized spacial score (nSPS) is 17.6. The van der Waals surface area contributed by atoms with Crippen molar-refractivity contribution in [3.8, 4) is 0 Å². The summed E-state index contributed by atoms with van der Waals surface area (Å²) in [7, 11) is 0. The van der Waals surface area contributed by atoms with E-state index in [0.29, 0.717) is 11.6 Å². The van der Waals surface area contributed by atoms with Crippen molar-refractivity contribution in [2.24, 2.45) is 5.92 Å². The number of carboxylic acids is 1. The molecule has 0 amide bonds. The van der Waals surface area contributed by atoms with Crippen LogP contribution in [0.5, 0.6) is 0 Å². The van der Waals surface area contributed by atoms with Gasteiger partial charge < -0.3 is 5.11 Å². The lowest BCUT2D eigenvalue weighted by Gasteiger charge is -2.14. The van der Waals surface area contributed by atoms with Gasteiger partial charge in [0.15, 0.2) is 0 Å². The molecule has 0 spiro atoms. The number of hydrogen-bond acceptors (Lipinski definition) is 3. The minimum atomic E-state index is -0.662. The molecule has 0 bridgehead atoms. The van der Waals surface area contributed by atoms with Crippen LogP contribution < -0.4 is 0 Å². The van der Waals surface area contributed by atoms with Crippen LogP contribution in [0.4, 0.5) is 0 Å².